The summed E-state index contributed by atoms with van der Waals surface area (Å²) in [5.41, 5.74) is 1.50. The Balaban J connectivity index is 0. The molecule has 0 heterocycles. The Bertz CT molecular complexity index is 488. The van der Waals surface area contributed by atoms with Gasteiger partial charge in [-0.1, -0.05) is 0 Å². The molecule has 19 heavy (non-hydrogen) atoms. The summed E-state index contributed by atoms with van der Waals surface area (Å²) < 4.78 is 1.23. The minimum absolute atomic E-state index is 0. The van der Waals surface area contributed by atoms with Crippen molar-refractivity contribution in [3.63, 3.8) is 0 Å². The van der Waals surface area contributed by atoms with Crippen LogP contribution in [0.2, 0.25) is 0 Å². The van der Waals surface area contributed by atoms with Gasteiger partial charge in [0.1, 0.15) is 0 Å². The third-order valence-corrected chi connectivity index (χ3v) is 3.01. The Morgan fingerprint density at radius 2 is 1.42 bits per heavy atom. The van der Waals surface area contributed by atoms with Gasteiger partial charge >= 0.3 is 108 Å². The smallest absolute Gasteiger partial charge is 0.870 e. The molecule has 0 aliphatic heterocycles. The maximum absolute atomic E-state index is 11.8. The summed E-state index contributed by atoms with van der Waals surface area (Å²) in [7, 11) is 0. The molecule has 0 saturated carbocycles. The number of amides is 1. The first-order valence-electron chi connectivity index (χ1n) is 4.91. The van der Waals surface area contributed by atoms with Crippen LogP contribution in [0.25, 0.3) is 0 Å². The molecule has 0 aliphatic rings. The normalized spacial score (nSPS) is 8.26. The molecule has 0 saturated heterocycles. The van der Waals surface area contributed by atoms with Crippen LogP contribution >= 0.6 is 0 Å². The van der Waals surface area contributed by atoms with E-state index in [0.29, 0.717) is 5.56 Å². The van der Waals surface area contributed by atoms with E-state index in [0.717, 1.165) is 5.69 Å². The number of hydrogen-bond acceptors (Lipinski definition) is 2. The molecule has 2 radical (unpaired) electrons. The molecule has 0 aliphatic carbocycles. The van der Waals surface area contributed by atoms with Crippen LogP contribution in [0.1, 0.15) is 10.4 Å². The number of benzene rings is 2. The van der Waals surface area contributed by atoms with Crippen molar-refractivity contribution in [2.75, 3.05) is 5.32 Å². The van der Waals surface area contributed by atoms with Crippen LogP contribution < -0.4 is 8.83 Å². The minimum atomic E-state index is -0.0751. The first-order chi connectivity index (χ1) is 7.75. The van der Waals surface area contributed by atoms with Crippen LogP contribution in [-0.2, 0) is 0 Å². The fraction of sp³-hybridized carbons (Fsp3) is 0. The van der Waals surface area contributed by atoms with Crippen molar-refractivity contribution in [2.24, 2.45) is 0 Å². The van der Waals surface area contributed by atoms with Crippen molar-refractivity contribution in [1.82, 2.24) is 0 Å². The van der Waals surface area contributed by atoms with Crippen molar-refractivity contribution in [1.29, 1.82) is 0 Å². The maximum atomic E-state index is 11.8. The summed E-state index contributed by atoms with van der Waals surface area (Å²) in [6.07, 6.45) is 0. The molecule has 2 aromatic carbocycles. The Morgan fingerprint density at radius 1 is 0.895 bits per heavy atom. The zero-order valence-electron chi connectivity index (χ0n) is 10.00. The van der Waals surface area contributed by atoms with E-state index in [1.165, 1.54) is 3.51 Å². The van der Waals surface area contributed by atoms with Gasteiger partial charge in [-0.2, -0.15) is 0 Å². The van der Waals surface area contributed by atoms with Crippen LogP contribution in [-0.4, -0.2) is 45.4 Å². The van der Waals surface area contributed by atoms with Crippen molar-refractivity contribution in [2.45, 2.75) is 0 Å². The minimum Gasteiger partial charge on any atom is -0.870 e. The van der Waals surface area contributed by atoms with Crippen molar-refractivity contribution in [3.8, 4) is 0 Å². The summed E-state index contributed by atoms with van der Waals surface area (Å²) >= 11 is 1.66. The van der Waals surface area contributed by atoms with Crippen molar-refractivity contribution >= 4 is 38.1 Å². The average molecular weight is 371 g/mol. The topological polar surface area (TPSA) is 122 Å². The molecule has 102 valence electrons. The number of carbonyl (C=O) groups excluding carboxylic acids is 1. The summed E-state index contributed by atoms with van der Waals surface area (Å²) in [6.45, 7) is 0. The molecule has 0 atom stereocenters. The molecular formula is C13H15NO4Sb-. The molecule has 0 bridgehead atoms. The van der Waals surface area contributed by atoms with E-state index in [-0.39, 0.29) is 22.3 Å². The van der Waals surface area contributed by atoms with Crippen LogP contribution in [0.4, 0.5) is 5.69 Å². The van der Waals surface area contributed by atoms with Crippen LogP contribution in [0.15, 0.2) is 54.6 Å². The van der Waals surface area contributed by atoms with Gasteiger partial charge < -0.3 is 16.4 Å². The van der Waals surface area contributed by atoms with Crippen LogP contribution in [0, 0.1) is 0 Å². The Morgan fingerprint density at radius 3 is 1.95 bits per heavy atom. The van der Waals surface area contributed by atoms with Gasteiger partial charge in [0, 0.05) is 0 Å². The summed E-state index contributed by atoms with van der Waals surface area (Å²) in [5, 5.41) is 2.85. The second kappa shape index (κ2) is 9.53. The van der Waals surface area contributed by atoms with Crippen LogP contribution in [0.5, 0.6) is 0 Å². The van der Waals surface area contributed by atoms with E-state index in [1.54, 1.807) is 35.2 Å². The summed E-state index contributed by atoms with van der Waals surface area (Å²) in [4.78, 5) is 11.8. The number of anilines is 1. The van der Waals surface area contributed by atoms with Gasteiger partial charge in [0.15, 0.2) is 0 Å². The second-order valence-electron chi connectivity index (χ2n) is 3.37. The second-order valence-corrected chi connectivity index (χ2v) is 4.84. The predicted octanol–water partition coefficient (Wildman–Crippen LogP) is -0.0935. The largest absolute Gasteiger partial charge is 0.870 e. The van der Waals surface area contributed by atoms with Gasteiger partial charge in [-0.25, -0.2) is 0 Å². The molecule has 2 aromatic rings. The Hall–Kier alpha value is -1.39. The van der Waals surface area contributed by atoms with Gasteiger partial charge in [0.25, 0.3) is 0 Å². The van der Waals surface area contributed by atoms with Gasteiger partial charge in [-0.15, -0.1) is 0 Å². The van der Waals surface area contributed by atoms with E-state index in [2.05, 4.69) is 5.32 Å². The first-order valence-corrected chi connectivity index (χ1v) is 6.19. The molecule has 0 aromatic heterocycles. The van der Waals surface area contributed by atoms with Crippen LogP contribution in [0.3, 0.4) is 0 Å². The number of nitrogens with one attached hydrogen (secondary N) is 1. The fourth-order valence-electron chi connectivity index (χ4n) is 1.34. The molecule has 0 fully saturated rings. The third kappa shape index (κ3) is 5.85. The van der Waals surface area contributed by atoms with Crippen molar-refractivity contribution < 1.29 is 21.2 Å². The Labute approximate surface area is 125 Å². The zero-order valence-corrected chi connectivity index (χ0v) is 12.6. The van der Waals surface area contributed by atoms with E-state index >= 15 is 0 Å². The first kappa shape index (κ1) is 19.9. The van der Waals surface area contributed by atoms with Gasteiger partial charge in [0.2, 0.25) is 0 Å². The fourth-order valence-corrected chi connectivity index (χ4v) is 1.76. The quantitative estimate of drug-likeness (QED) is 0.742. The zero-order chi connectivity index (χ0) is 11.4. The summed E-state index contributed by atoms with van der Waals surface area (Å²) in [5.74, 6) is -0.0751. The monoisotopic (exact) mass is 370 g/mol. The van der Waals surface area contributed by atoms with E-state index in [1.807, 2.05) is 42.5 Å². The predicted molar refractivity (Wildman–Crippen MR) is 75.4 cm³/mol. The molecule has 2 rings (SSSR count). The van der Waals surface area contributed by atoms with Gasteiger partial charge in [0.05, 0.1) is 0 Å². The number of hydrogen-bond donors (Lipinski definition) is 1. The van der Waals surface area contributed by atoms with Gasteiger partial charge in [-0.3, -0.25) is 0 Å². The van der Waals surface area contributed by atoms with Gasteiger partial charge in [-0.05, 0) is 0 Å². The molecule has 6 heteroatoms. The molecule has 1 amide bonds. The number of carbonyl (C=O) groups is 1. The maximum Gasteiger partial charge on any atom is -0.870 e. The standard InChI is InChI=1S/C13H10NO.3H2O.Sb/c15-13(11-7-3-1-4-8-11)14-12-9-5-2-6-10-12;;;;/h1,3-10H,(H,14,15);3*1H2;/p-1. The molecule has 0 unspecified atom stereocenters. The molecule has 5 nitrogen and oxygen atoms in total. The number of rotatable bonds is 2. The van der Waals surface area contributed by atoms with E-state index in [9.17, 15) is 4.79 Å². The Kier molecular flexibility index (Phi) is 10.00. The summed E-state index contributed by atoms with van der Waals surface area (Å²) in [6, 6.07) is 17.0. The third-order valence-electron chi connectivity index (χ3n) is 2.16. The molecule has 0 spiro atoms. The van der Waals surface area contributed by atoms with E-state index < -0.39 is 0 Å². The van der Waals surface area contributed by atoms with Crippen molar-refractivity contribution in [3.05, 3.63) is 60.2 Å². The molecular weight excluding hydrogens is 356 g/mol. The SMILES string of the molecule is O.O.O=C(Nc1cc[c]([Sb])cc1)c1ccccc1.[OH-]. The average Bonchev–Trinajstić information content (AvgIpc) is 2.33. The van der Waals surface area contributed by atoms with E-state index in [4.69, 9.17) is 0 Å². The molecule has 6 N–H and O–H groups in total.